The number of nitrogens with one attached hydrogen (secondary N) is 2. The average molecular weight is 377 g/mol. The number of amides is 2. The molecule has 2 aromatic rings. The Labute approximate surface area is 157 Å². The molecule has 7 heteroatoms. The molecule has 0 radical (unpaired) electrons. The van der Waals surface area contributed by atoms with Gasteiger partial charge in [0.05, 0.1) is 20.8 Å². The number of methoxy groups -OCH3 is 2. The quantitative estimate of drug-likeness (QED) is 0.779. The zero-order valence-electron chi connectivity index (χ0n) is 14.9. The fraction of sp³-hybridized carbons (Fsp3) is 0.263. The second kappa shape index (κ2) is 9.10. The van der Waals surface area contributed by atoms with Gasteiger partial charge in [0.15, 0.2) is 11.5 Å². The highest BCUT2D eigenvalue weighted by molar-refractivity contribution is 6.30. The smallest absolute Gasteiger partial charge is 0.251 e. The first-order valence-electron chi connectivity index (χ1n) is 7.96. The predicted molar refractivity (Wildman–Crippen MR) is 99.9 cm³/mol. The molecule has 0 aliphatic rings. The number of hydrogen-bond acceptors (Lipinski definition) is 4. The lowest BCUT2D eigenvalue weighted by Crippen LogP contribution is -2.36. The molecule has 6 nitrogen and oxygen atoms in total. The van der Waals surface area contributed by atoms with E-state index in [-0.39, 0.29) is 18.4 Å². The van der Waals surface area contributed by atoms with E-state index in [1.807, 2.05) is 13.0 Å². The van der Waals surface area contributed by atoms with Gasteiger partial charge < -0.3 is 20.1 Å². The number of carbonyl (C=O) groups excluding carboxylic acids is 2. The second-order valence-corrected chi connectivity index (χ2v) is 6.04. The zero-order valence-corrected chi connectivity index (χ0v) is 15.6. The summed E-state index contributed by atoms with van der Waals surface area (Å²) >= 11 is 5.96. The molecule has 2 rings (SSSR count). The van der Waals surface area contributed by atoms with Gasteiger partial charge in [-0.2, -0.15) is 0 Å². The maximum atomic E-state index is 12.2. The van der Waals surface area contributed by atoms with E-state index in [4.69, 9.17) is 21.1 Å². The van der Waals surface area contributed by atoms with Gasteiger partial charge in [-0.1, -0.05) is 17.7 Å². The summed E-state index contributed by atoms with van der Waals surface area (Å²) in [6.45, 7) is 2.15. The van der Waals surface area contributed by atoms with Crippen LogP contribution in [0.4, 0.5) is 0 Å². The molecular weight excluding hydrogens is 356 g/mol. The van der Waals surface area contributed by atoms with E-state index in [0.717, 1.165) is 11.1 Å². The summed E-state index contributed by atoms with van der Waals surface area (Å²) in [6, 6.07) is 10.3. The largest absolute Gasteiger partial charge is 0.493 e. The summed E-state index contributed by atoms with van der Waals surface area (Å²) in [5, 5.41) is 5.95. The van der Waals surface area contributed by atoms with E-state index < -0.39 is 0 Å². The molecule has 0 aromatic heterocycles. The fourth-order valence-electron chi connectivity index (χ4n) is 2.33. The molecule has 0 spiro atoms. The predicted octanol–water partition coefficient (Wildman–Crippen LogP) is 2.71. The highest BCUT2D eigenvalue weighted by Crippen LogP contribution is 2.27. The molecule has 2 amide bonds. The van der Waals surface area contributed by atoms with Crippen molar-refractivity contribution in [1.29, 1.82) is 0 Å². The first kappa shape index (κ1) is 19.6. The molecule has 0 atom stereocenters. The number of carbonyl (C=O) groups is 2. The van der Waals surface area contributed by atoms with Gasteiger partial charge in [0, 0.05) is 17.1 Å². The summed E-state index contributed by atoms with van der Waals surface area (Å²) in [4.78, 5) is 24.2. The number of benzene rings is 2. The van der Waals surface area contributed by atoms with Gasteiger partial charge in [-0.05, 0) is 48.4 Å². The Balaban J connectivity index is 1.88. The topological polar surface area (TPSA) is 76.7 Å². The molecule has 0 saturated carbocycles. The third kappa shape index (κ3) is 5.13. The highest BCUT2D eigenvalue weighted by atomic mass is 35.5. The van der Waals surface area contributed by atoms with E-state index >= 15 is 0 Å². The van der Waals surface area contributed by atoms with Crippen molar-refractivity contribution in [2.45, 2.75) is 13.5 Å². The van der Waals surface area contributed by atoms with Gasteiger partial charge in [0.25, 0.3) is 5.91 Å². The zero-order chi connectivity index (χ0) is 19.1. The molecule has 0 heterocycles. The molecular formula is C19H21ClN2O4. The van der Waals surface area contributed by atoms with Crippen molar-refractivity contribution in [3.05, 3.63) is 58.1 Å². The van der Waals surface area contributed by atoms with Gasteiger partial charge in [-0.15, -0.1) is 0 Å². The minimum absolute atomic E-state index is 0.132. The Kier molecular flexibility index (Phi) is 6.86. The van der Waals surface area contributed by atoms with Crippen LogP contribution in [-0.4, -0.2) is 32.6 Å². The van der Waals surface area contributed by atoms with Gasteiger partial charge in [-0.3, -0.25) is 9.59 Å². The Morgan fingerprint density at radius 2 is 1.73 bits per heavy atom. The molecule has 2 aromatic carbocycles. The summed E-state index contributed by atoms with van der Waals surface area (Å²) in [5.74, 6) is 0.304. The molecule has 26 heavy (non-hydrogen) atoms. The van der Waals surface area contributed by atoms with Crippen LogP contribution in [0.3, 0.4) is 0 Å². The molecule has 0 unspecified atom stereocenters. The maximum Gasteiger partial charge on any atom is 0.251 e. The monoisotopic (exact) mass is 376 g/mol. The average Bonchev–Trinajstić information content (AvgIpc) is 2.66. The van der Waals surface area contributed by atoms with Crippen LogP contribution in [0.15, 0.2) is 36.4 Å². The van der Waals surface area contributed by atoms with Crippen molar-refractivity contribution in [3.63, 3.8) is 0 Å². The molecule has 2 N–H and O–H groups in total. The third-order valence-electron chi connectivity index (χ3n) is 3.84. The lowest BCUT2D eigenvalue weighted by molar-refractivity contribution is -0.120. The first-order valence-corrected chi connectivity index (χ1v) is 8.34. The van der Waals surface area contributed by atoms with Crippen LogP contribution in [0.1, 0.15) is 21.5 Å². The number of rotatable bonds is 7. The molecule has 0 bridgehead atoms. The minimum atomic E-state index is -0.375. The third-order valence-corrected chi connectivity index (χ3v) is 4.08. The minimum Gasteiger partial charge on any atom is -0.493 e. The van der Waals surface area contributed by atoms with E-state index in [0.29, 0.717) is 28.6 Å². The fourth-order valence-corrected chi connectivity index (χ4v) is 2.52. The van der Waals surface area contributed by atoms with Crippen molar-refractivity contribution in [2.75, 3.05) is 20.8 Å². The molecule has 0 aliphatic heterocycles. The Bertz CT molecular complexity index is 808. The van der Waals surface area contributed by atoms with Crippen molar-refractivity contribution in [1.82, 2.24) is 10.6 Å². The summed E-state index contributed by atoms with van der Waals surface area (Å²) in [6.07, 6.45) is 0. The standard InChI is InChI=1S/C19H21ClN2O4/c1-12-4-6-15(20)8-14(12)10-21-18(23)11-22-19(24)13-5-7-16(25-2)17(9-13)26-3/h4-9H,10-11H2,1-3H3,(H,21,23)(H,22,24). The normalized spacial score (nSPS) is 10.2. The van der Waals surface area contributed by atoms with Crippen LogP contribution in [0.5, 0.6) is 11.5 Å². The number of hydrogen-bond donors (Lipinski definition) is 2. The van der Waals surface area contributed by atoms with E-state index in [1.165, 1.54) is 14.2 Å². The van der Waals surface area contributed by atoms with Crippen LogP contribution in [0, 0.1) is 6.92 Å². The Hall–Kier alpha value is -2.73. The highest BCUT2D eigenvalue weighted by Gasteiger charge is 2.12. The van der Waals surface area contributed by atoms with Gasteiger partial charge in [-0.25, -0.2) is 0 Å². The second-order valence-electron chi connectivity index (χ2n) is 5.60. The van der Waals surface area contributed by atoms with Crippen molar-refractivity contribution < 1.29 is 19.1 Å². The number of halogens is 1. The molecule has 0 fully saturated rings. The van der Waals surface area contributed by atoms with Crippen molar-refractivity contribution >= 4 is 23.4 Å². The summed E-state index contributed by atoms with van der Waals surface area (Å²) in [5.41, 5.74) is 2.34. The van der Waals surface area contributed by atoms with Crippen LogP contribution >= 0.6 is 11.6 Å². The molecule has 0 aliphatic carbocycles. The van der Waals surface area contributed by atoms with Gasteiger partial charge in [0.1, 0.15) is 0 Å². The van der Waals surface area contributed by atoms with Crippen LogP contribution in [-0.2, 0) is 11.3 Å². The van der Waals surface area contributed by atoms with Crippen LogP contribution < -0.4 is 20.1 Å². The Morgan fingerprint density at radius 1 is 1.00 bits per heavy atom. The molecule has 0 saturated heterocycles. The maximum absolute atomic E-state index is 12.2. The van der Waals surface area contributed by atoms with Crippen molar-refractivity contribution in [2.24, 2.45) is 0 Å². The van der Waals surface area contributed by atoms with Crippen molar-refractivity contribution in [3.8, 4) is 11.5 Å². The Morgan fingerprint density at radius 3 is 2.42 bits per heavy atom. The summed E-state index contributed by atoms with van der Waals surface area (Å²) < 4.78 is 10.3. The van der Waals surface area contributed by atoms with E-state index in [1.54, 1.807) is 30.3 Å². The SMILES string of the molecule is COc1ccc(C(=O)NCC(=O)NCc2cc(Cl)ccc2C)cc1OC. The summed E-state index contributed by atoms with van der Waals surface area (Å²) in [7, 11) is 3.01. The number of ether oxygens (including phenoxy) is 2. The lowest BCUT2D eigenvalue weighted by Gasteiger charge is -2.11. The van der Waals surface area contributed by atoms with Crippen LogP contribution in [0.2, 0.25) is 5.02 Å². The van der Waals surface area contributed by atoms with Gasteiger partial charge >= 0.3 is 0 Å². The van der Waals surface area contributed by atoms with Gasteiger partial charge in [0.2, 0.25) is 5.91 Å². The lowest BCUT2D eigenvalue weighted by atomic mass is 10.1. The van der Waals surface area contributed by atoms with E-state index in [2.05, 4.69) is 10.6 Å². The van der Waals surface area contributed by atoms with E-state index in [9.17, 15) is 9.59 Å². The van der Waals surface area contributed by atoms with Crippen LogP contribution in [0.25, 0.3) is 0 Å². The number of aryl methyl sites for hydroxylation is 1. The first-order chi connectivity index (χ1) is 12.4. The molecule has 138 valence electrons.